The van der Waals surface area contributed by atoms with Crippen LogP contribution in [0.4, 0.5) is 0 Å². The largest absolute Gasteiger partial charge is 0.482 e. The Balaban J connectivity index is 1.74. The Labute approximate surface area is 151 Å². The molecule has 0 saturated carbocycles. The minimum absolute atomic E-state index is 0.189. The zero-order chi connectivity index (χ0) is 17.4. The van der Waals surface area contributed by atoms with Crippen molar-refractivity contribution in [2.45, 2.75) is 19.3 Å². The van der Waals surface area contributed by atoms with E-state index in [1.165, 1.54) is 5.56 Å². The van der Waals surface area contributed by atoms with E-state index in [-0.39, 0.29) is 12.5 Å². The minimum atomic E-state index is -0.366. The summed E-state index contributed by atoms with van der Waals surface area (Å²) in [6.45, 7) is 1.92. The molecule has 4 nitrogen and oxygen atoms in total. The predicted molar refractivity (Wildman–Crippen MR) is 98.1 cm³/mol. The van der Waals surface area contributed by atoms with E-state index < -0.39 is 0 Å². The summed E-state index contributed by atoms with van der Waals surface area (Å²) in [5.41, 5.74) is 3.65. The fraction of sp³-hybridized carbons (Fsp3) is 0.222. The lowest BCUT2D eigenvalue weighted by Gasteiger charge is -2.08. The summed E-state index contributed by atoms with van der Waals surface area (Å²) < 4.78 is 5.32. The first-order valence-corrected chi connectivity index (χ1v) is 8.25. The van der Waals surface area contributed by atoms with Crippen molar-refractivity contribution in [3.63, 3.8) is 0 Å². The van der Waals surface area contributed by atoms with E-state index in [0.29, 0.717) is 21.7 Å². The van der Waals surface area contributed by atoms with E-state index in [9.17, 15) is 4.79 Å². The van der Waals surface area contributed by atoms with Crippen molar-refractivity contribution in [1.82, 2.24) is 5.43 Å². The first kappa shape index (κ1) is 18.3. The molecule has 1 atom stereocenters. The smallest absolute Gasteiger partial charge is 0.277 e. The quantitative estimate of drug-likeness (QED) is 0.573. The number of ether oxygens (including phenoxy) is 1. The number of carbonyl (C=O) groups is 1. The van der Waals surface area contributed by atoms with Crippen LogP contribution >= 0.6 is 23.2 Å². The molecule has 2 aromatic rings. The minimum Gasteiger partial charge on any atom is -0.482 e. The summed E-state index contributed by atoms with van der Waals surface area (Å²) in [6.07, 6.45) is 2.41. The average Bonchev–Trinajstić information content (AvgIpc) is 2.60. The lowest BCUT2D eigenvalue weighted by atomic mass is 9.99. The molecule has 1 unspecified atom stereocenters. The number of nitrogens with one attached hydrogen (secondary N) is 1. The van der Waals surface area contributed by atoms with Crippen molar-refractivity contribution in [3.8, 4) is 5.75 Å². The maximum absolute atomic E-state index is 11.7. The van der Waals surface area contributed by atoms with Gasteiger partial charge in [-0.1, -0.05) is 60.5 Å². The van der Waals surface area contributed by atoms with Gasteiger partial charge in [-0.05, 0) is 30.0 Å². The first-order valence-electron chi connectivity index (χ1n) is 7.49. The van der Waals surface area contributed by atoms with Crippen molar-refractivity contribution in [2.24, 2.45) is 5.10 Å². The van der Waals surface area contributed by atoms with Crippen molar-refractivity contribution in [1.29, 1.82) is 0 Å². The van der Waals surface area contributed by atoms with Gasteiger partial charge in [0.2, 0.25) is 0 Å². The number of carbonyl (C=O) groups excluding carboxylic acids is 1. The summed E-state index contributed by atoms with van der Waals surface area (Å²) in [6, 6.07) is 14.9. The normalized spacial score (nSPS) is 12.1. The molecule has 0 aliphatic carbocycles. The highest BCUT2D eigenvalue weighted by Crippen LogP contribution is 2.27. The van der Waals surface area contributed by atoms with E-state index in [1.54, 1.807) is 24.4 Å². The molecule has 0 radical (unpaired) electrons. The molecule has 0 fully saturated rings. The van der Waals surface area contributed by atoms with Crippen LogP contribution in [0.5, 0.6) is 5.75 Å². The monoisotopic (exact) mass is 364 g/mol. The maximum Gasteiger partial charge on any atom is 0.277 e. The zero-order valence-corrected chi connectivity index (χ0v) is 14.7. The summed E-state index contributed by atoms with van der Waals surface area (Å²) in [5, 5.41) is 4.81. The third kappa shape index (κ3) is 5.87. The van der Waals surface area contributed by atoms with E-state index in [1.807, 2.05) is 18.2 Å². The number of hydrazone groups is 1. The maximum atomic E-state index is 11.7. The predicted octanol–water partition coefficient (Wildman–Crippen LogP) is 4.67. The summed E-state index contributed by atoms with van der Waals surface area (Å²) in [5.74, 6) is 0.323. The van der Waals surface area contributed by atoms with Gasteiger partial charge in [-0.25, -0.2) is 5.43 Å². The van der Waals surface area contributed by atoms with Gasteiger partial charge in [0.1, 0.15) is 5.75 Å². The molecule has 2 rings (SSSR count). The topological polar surface area (TPSA) is 50.7 Å². The van der Waals surface area contributed by atoms with Gasteiger partial charge >= 0.3 is 0 Å². The number of amides is 1. The van der Waals surface area contributed by atoms with Crippen LogP contribution in [-0.2, 0) is 4.79 Å². The number of benzene rings is 2. The lowest BCUT2D eigenvalue weighted by molar-refractivity contribution is -0.123. The molecule has 0 aliphatic rings. The van der Waals surface area contributed by atoms with Crippen LogP contribution < -0.4 is 10.2 Å². The summed E-state index contributed by atoms with van der Waals surface area (Å²) in [7, 11) is 0. The van der Waals surface area contributed by atoms with Crippen molar-refractivity contribution in [3.05, 3.63) is 64.1 Å². The lowest BCUT2D eigenvalue weighted by Crippen LogP contribution is -2.24. The second-order valence-electron chi connectivity index (χ2n) is 5.26. The molecular weight excluding hydrogens is 347 g/mol. The van der Waals surface area contributed by atoms with Crippen LogP contribution in [0.1, 0.15) is 24.8 Å². The fourth-order valence-electron chi connectivity index (χ4n) is 2.01. The number of hydrogen-bond acceptors (Lipinski definition) is 3. The van der Waals surface area contributed by atoms with Crippen LogP contribution in [0.3, 0.4) is 0 Å². The second-order valence-corrected chi connectivity index (χ2v) is 6.10. The molecular formula is C18H18Cl2N2O2. The molecule has 1 N–H and O–H groups in total. The van der Waals surface area contributed by atoms with Gasteiger partial charge < -0.3 is 4.74 Å². The molecule has 0 bridgehead atoms. The third-order valence-electron chi connectivity index (χ3n) is 3.36. The molecule has 2 aromatic carbocycles. The van der Waals surface area contributed by atoms with Crippen LogP contribution in [0.25, 0.3) is 0 Å². The molecule has 0 heterocycles. The van der Waals surface area contributed by atoms with E-state index in [2.05, 4.69) is 29.6 Å². The third-order valence-corrected chi connectivity index (χ3v) is 3.91. The zero-order valence-electron chi connectivity index (χ0n) is 13.2. The van der Waals surface area contributed by atoms with E-state index >= 15 is 0 Å². The van der Waals surface area contributed by atoms with Crippen molar-refractivity contribution >= 4 is 35.3 Å². The molecule has 0 aliphatic heterocycles. The van der Waals surface area contributed by atoms with Crippen LogP contribution in [0.2, 0.25) is 10.0 Å². The van der Waals surface area contributed by atoms with Crippen LogP contribution in [0.15, 0.2) is 53.6 Å². The Morgan fingerprint density at radius 3 is 2.75 bits per heavy atom. The van der Waals surface area contributed by atoms with Crippen LogP contribution in [0, 0.1) is 0 Å². The highest BCUT2D eigenvalue weighted by atomic mass is 35.5. The SMILES string of the molecule is CC(CC=NNC(=O)COc1cc(Cl)ccc1Cl)c1ccccc1. The Morgan fingerprint density at radius 1 is 1.25 bits per heavy atom. The summed E-state index contributed by atoms with van der Waals surface area (Å²) in [4.78, 5) is 11.7. The highest BCUT2D eigenvalue weighted by molar-refractivity contribution is 6.34. The van der Waals surface area contributed by atoms with Crippen LogP contribution in [-0.4, -0.2) is 18.7 Å². The molecule has 0 saturated heterocycles. The van der Waals surface area contributed by atoms with Gasteiger partial charge in [0.15, 0.2) is 6.61 Å². The average molecular weight is 365 g/mol. The molecule has 6 heteroatoms. The molecule has 126 valence electrons. The number of hydrogen-bond donors (Lipinski definition) is 1. The number of halogens is 2. The molecule has 1 amide bonds. The standard InChI is InChI=1S/C18H18Cl2N2O2/c1-13(14-5-3-2-4-6-14)9-10-21-22-18(23)12-24-17-11-15(19)7-8-16(17)20/h2-8,10-11,13H,9,12H2,1H3,(H,22,23). The van der Waals surface area contributed by atoms with Crippen molar-refractivity contribution in [2.75, 3.05) is 6.61 Å². The van der Waals surface area contributed by atoms with Gasteiger partial charge in [0.05, 0.1) is 5.02 Å². The highest BCUT2D eigenvalue weighted by Gasteiger charge is 2.06. The van der Waals surface area contributed by atoms with Crippen molar-refractivity contribution < 1.29 is 9.53 Å². The van der Waals surface area contributed by atoms with Gasteiger partial charge in [-0.3, -0.25) is 4.79 Å². The van der Waals surface area contributed by atoms with E-state index in [4.69, 9.17) is 27.9 Å². The Morgan fingerprint density at radius 2 is 2.00 bits per heavy atom. The fourth-order valence-corrected chi connectivity index (χ4v) is 2.34. The van der Waals surface area contributed by atoms with Gasteiger partial charge in [-0.15, -0.1) is 0 Å². The molecule has 24 heavy (non-hydrogen) atoms. The first-order chi connectivity index (χ1) is 11.6. The Bertz CT molecular complexity index is 705. The molecule has 0 aromatic heterocycles. The number of nitrogens with zero attached hydrogens (tertiary/aromatic N) is 1. The van der Waals surface area contributed by atoms with Gasteiger partial charge in [-0.2, -0.15) is 5.10 Å². The van der Waals surface area contributed by atoms with Gasteiger partial charge in [0.25, 0.3) is 5.91 Å². The second kappa shape index (κ2) is 9.30. The number of rotatable bonds is 7. The Hall–Kier alpha value is -2.04. The molecule has 0 spiro atoms. The summed E-state index contributed by atoms with van der Waals surface area (Å²) >= 11 is 11.8. The van der Waals surface area contributed by atoms with Gasteiger partial charge in [0, 0.05) is 17.3 Å². The van der Waals surface area contributed by atoms with E-state index in [0.717, 1.165) is 6.42 Å². The Kier molecular flexibility index (Phi) is 7.09.